The highest BCUT2D eigenvalue weighted by Gasteiger charge is 2.33. The molecule has 2 nitrogen and oxygen atoms in total. The summed E-state index contributed by atoms with van der Waals surface area (Å²) in [6.07, 6.45) is 3.19. The van der Waals surface area contributed by atoms with Crippen LogP contribution in [0.2, 0.25) is 0 Å². The van der Waals surface area contributed by atoms with Gasteiger partial charge in [0.15, 0.2) is 0 Å². The Morgan fingerprint density at radius 1 is 1.26 bits per heavy atom. The van der Waals surface area contributed by atoms with Crippen LogP contribution in [0.25, 0.3) is 0 Å². The number of alkyl halides is 3. The number of hydrogen-bond acceptors (Lipinski definition) is 2. The molecule has 1 fully saturated rings. The first-order chi connectivity index (χ1) is 8.91. The lowest BCUT2D eigenvalue weighted by Gasteiger charge is -2.39. The third kappa shape index (κ3) is 6.13. The van der Waals surface area contributed by atoms with Crippen molar-refractivity contribution in [2.24, 2.45) is 17.1 Å². The average Bonchev–Trinajstić information content (AvgIpc) is 2.38. The van der Waals surface area contributed by atoms with Gasteiger partial charge in [0, 0.05) is 6.61 Å². The second kappa shape index (κ2) is 7.48. The van der Waals surface area contributed by atoms with Crippen LogP contribution in [-0.4, -0.2) is 25.9 Å². The first kappa shape index (κ1) is 16.8. The Bertz CT molecular complexity index is 248. The van der Waals surface area contributed by atoms with E-state index in [1.54, 1.807) is 0 Å². The fourth-order valence-corrected chi connectivity index (χ4v) is 2.99. The summed E-state index contributed by atoms with van der Waals surface area (Å²) in [6, 6.07) is 0. The first-order valence-electron chi connectivity index (χ1n) is 7.25. The molecular weight excluding hydrogens is 255 g/mol. The SMILES string of the molecule is CCC1CCC(CN)(CCCOCC(F)(F)F)CC1. The van der Waals surface area contributed by atoms with Crippen molar-refractivity contribution in [2.75, 3.05) is 19.8 Å². The summed E-state index contributed by atoms with van der Waals surface area (Å²) in [5.74, 6) is 0.807. The van der Waals surface area contributed by atoms with E-state index in [2.05, 4.69) is 11.7 Å². The Morgan fingerprint density at radius 3 is 2.37 bits per heavy atom. The molecule has 0 unspecified atom stereocenters. The predicted molar refractivity (Wildman–Crippen MR) is 69.8 cm³/mol. The van der Waals surface area contributed by atoms with E-state index < -0.39 is 12.8 Å². The third-order valence-electron chi connectivity index (χ3n) is 4.44. The van der Waals surface area contributed by atoms with Gasteiger partial charge >= 0.3 is 6.18 Å². The van der Waals surface area contributed by atoms with Gasteiger partial charge in [-0.2, -0.15) is 13.2 Å². The Hall–Kier alpha value is -0.290. The molecule has 0 aromatic rings. The summed E-state index contributed by atoms with van der Waals surface area (Å²) in [6.45, 7) is 1.90. The van der Waals surface area contributed by atoms with Crippen molar-refractivity contribution in [3.8, 4) is 0 Å². The van der Waals surface area contributed by atoms with Crippen LogP contribution < -0.4 is 5.73 Å². The van der Waals surface area contributed by atoms with E-state index in [4.69, 9.17) is 5.73 Å². The zero-order valence-corrected chi connectivity index (χ0v) is 11.8. The molecule has 1 rings (SSSR count). The second-order valence-corrected chi connectivity index (χ2v) is 5.83. The van der Waals surface area contributed by atoms with Gasteiger partial charge < -0.3 is 10.5 Å². The number of nitrogens with two attached hydrogens (primary N) is 1. The average molecular weight is 281 g/mol. The Balaban J connectivity index is 2.22. The van der Waals surface area contributed by atoms with Gasteiger partial charge in [0.1, 0.15) is 6.61 Å². The molecule has 0 aromatic heterocycles. The molecule has 0 bridgehead atoms. The molecule has 0 saturated heterocycles. The highest BCUT2D eigenvalue weighted by molar-refractivity contribution is 4.86. The van der Waals surface area contributed by atoms with E-state index in [9.17, 15) is 13.2 Å². The van der Waals surface area contributed by atoms with Crippen LogP contribution in [0.4, 0.5) is 13.2 Å². The number of halogens is 3. The highest BCUT2D eigenvalue weighted by atomic mass is 19.4. The van der Waals surface area contributed by atoms with Gasteiger partial charge in [-0.25, -0.2) is 0 Å². The molecule has 1 aliphatic rings. The smallest absolute Gasteiger partial charge is 0.372 e. The van der Waals surface area contributed by atoms with E-state index in [0.29, 0.717) is 13.0 Å². The van der Waals surface area contributed by atoms with E-state index in [-0.39, 0.29) is 12.0 Å². The molecule has 2 N–H and O–H groups in total. The summed E-state index contributed by atoms with van der Waals surface area (Å²) in [7, 11) is 0. The van der Waals surface area contributed by atoms with Crippen molar-refractivity contribution in [1.82, 2.24) is 0 Å². The van der Waals surface area contributed by atoms with Gasteiger partial charge in [0.25, 0.3) is 0 Å². The molecule has 0 aliphatic heterocycles. The molecule has 0 atom stereocenters. The van der Waals surface area contributed by atoms with Crippen LogP contribution in [0.3, 0.4) is 0 Å². The minimum atomic E-state index is -4.22. The quantitative estimate of drug-likeness (QED) is 0.718. The van der Waals surface area contributed by atoms with Crippen LogP contribution in [0.5, 0.6) is 0 Å². The van der Waals surface area contributed by atoms with E-state index >= 15 is 0 Å². The second-order valence-electron chi connectivity index (χ2n) is 5.83. The third-order valence-corrected chi connectivity index (χ3v) is 4.44. The molecule has 5 heteroatoms. The van der Waals surface area contributed by atoms with Gasteiger partial charge in [-0.15, -0.1) is 0 Å². The fraction of sp³-hybridized carbons (Fsp3) is 1.00. The first-order valence-corrected chi connectivity index (χ1v) is 7.25. The summed E-state index contributed by atoms with van der Waals surface area (Å²) < 4.78 is 40.4. The Kier molecular flexibility index (Phi) is 6.60. The van der Waals surface area contributed by atoms with Gasteiger partial charge in [0.05, 0.1) is 0 Å². The standard InChI is InChI=1S/C14H26F3NO/c1-2-12-4-7-13(10-18,8-5-12)6-3-9-19-11-14(15,16)17/h12H,2-11,18H2,1H3. The largest absolute Gasteiger partial charge is 0.411 e. The summed E-state index contributed by atoms with van der Waals surface area (Å²) in [5, 5.41) is 0. The molecule has 0 aromatic carbocycles. The maximum atomic E-state index is 11.9. The van der Waals surface area contributed by atoms with Crippen LogP contribution in [0.1, 0.15) is 51.9 Å². The van der Waals surface area contributed by atoms with E-state index in [1.165, 1.54) is 19.3 Å². The van der Waals surface area contributed by atoms with Crippen LogP contribution >= 0.6 is 0 Å². The fourth-order valence-electron chi connectivity index (χ4n) is 2.99. The molecule has 114 valence electrons. The molecule has 19 heavy (non-hydrogen) atoms. The molecule has 0 spiro atoms. The summed E-state index contributed by atoms with van der Waals surface area (Å²) in [4.78, 5) is 0. The molecule has 1 aliphatic carbocycles. The van der Waals surface area contributed by atoms with E-state index in [1.807, 2.05) is 0 Å². The minimum Gasteiger partial charge on any atom is -0.372 e. The number of hydrogen-bond donors (Lipinski definition) is 1. The van der Waals surface area contributed by atoms with Crippen molar-refractivity contribution < 1.29 is 17.9 Å². The van der Waals surface area contributed by atoms with Gasteiger partial charge in [-0.1, -0.05) is 13.3 Å². The van der Waals surface area contributed by atoms with Crippen molar-refractivity contribution in [3.05, 3.63) is 0 Å². The molecule has 0 radical (unpaired) electrons. The Morgan fingerprint density at radius 2 is 1.89 bits per heavy atom. The van der Waals surface area contributed by atoms with Crippen LogP contribution in [0, 0.1) is 11.3 Å². The molecular formula is C14H26F3NO. The highest BCUT2D eigenvalue weighted by Crippen LogP contribution is 2.42. The van der Waals surface area contributed by atoms with Crippen LogP contribution in [0.15, 0.2) is 0 Å². The molecule has 0 heterocycles. The lowest BCUT2D eigenvalue weighted by molar-refractivity contribution is -0.174. The lowest BCUT2D eigenvalue weighted by atomic mass is 9.67. The van der Waals surface area contributed by atoms with Gasteiger partial charge in [0.2, 0.25) is 0 Å². The molecule has 1 saturated carbocycles. The maximum Gasteiger partial charge on any atom is 0.411 e. The Labute approximate surface area is 113 Å². The van der Waals surface area contributed by atoms with E-state index in [0.717, 1.165) is 25.2 Å². The van der Waals surface area contributed by atoms with Crippen molar-refractivity contribution in [3.63, 3.8) is 0 Å². The topological polar surface area (TPSA) is 35.2 Å². The zero-order valence-electron chi connectivity index (χ0n) is 11.8. The minimum absolute atomic E-state index is 0.146. The number of rotatable bonds is 7. The monoisotopic (exact) mass is 281 g/mol. The van der Waals surface area contributed by atoms with Gasteiger partial charge in [-0.3, -0.25) is 0 Å². The van der Waals surface area contributed by atoms with Crippen molar-refractivity contribution >= 4 is 0 Å². The van der Waals surface area contributed by atoms with Crippen molar-refractivity contribution in [1.29, 1.82) is 0 Å². The van der Waals surface area contributed by atoms with Gasteiger partial charge in [-0.05, 0) is 56.4 Å². The summed E-state index contributed by atoms with van der Waals surface area (Å²) in [5.41, 5.74) is 6.03. The predicted octanol–water partition coefficient (Wildman–Crippen LogP) is 3.89. The normalized spacial score (nSPS) is 28.6. The number of ether oxygens (including phenoxy) is 1. The molecule has 0 amide bonds. The van der Waals surface area contributed by atoms with Crippen LogP contribution in [-0.2, 0) is 4.74 Å². The zero-order chi connectivity index (χ0) is 14.4. The van der Waals surface area contributed by atoms with Crippen molar-refractivity contribution in [2.45, 2.75) is 58.0 Å². The lowest BCUT2D eigenvalue weighted by Crippen LogP contribution is -2.35. The maximum absolute atomic E-state index is 11.9. The summed E-state index contributed by atoms with van der Waals surface area (Å²) >= 11 is 0.